The van der Waals surface area contributed by atoms with Crippen molar-refractivity contribution in [2.75, 3.05) is 55.1 Å². The highest BCUT2D eigenvalue weighted by molar-refractivity contribution is 8.13. The van der Waals surface area contributed by atoms with Gasteiger partial charge in [0.1, 0.15) is 12.1 Å². The van der Waals surface area contributed by atoms with Crippen LogP contribution in [0.3, 0.4) is 0 Å². The minimum atomic E-state index is -0.398. The van der Waals surface area contributed by atoms with Crippen LogP contribution in [0.1, 0.15) is 20.8 Å². The molecule has 0 fully saturated rings. The zero-order valence-corrected chi connectivity index (χ0v) is 16.5. The summed E-state index contributed by atoms with van der Waals surface area (Å²) in [5.41, 5.74) is 2.43. The SMILES string of the molecule is CN(C)NCC(=O)OC(C)(C)C.CN=C(SC)N(C)N(C)C. The van der Waals surface area contributed by atoms with Gasteiger partial charge in [0, 0.05) is 42.3 Å². The van der Waals surface area contributed by atoms with Crippen LogP contribution in [-0.2, 0) is 9.53 Å². The first-order chi connectivity index (χ1) is 9.94. The average Bonchev–Trinajstić information content (AvgIpc) is 2.36. The van der Waals surface area contributed by atoms with Crippen molar-refractivity contribution in [1.29, 1.82) is 0 Å². The van der Waals surface area contributed by atoms with Gasteiger partial charge in [-0.15, -0.1) is 0 Å². The molecule has 7 nitrogen and oxygen atoms in total. The molecule has 0 unspecified atom stereocenters. The first kappa shape index (κ1) is 23.4. The van der Waals surface area contributed by atoms with Crippen LogP contribution in [0.5, 0.6) is 0 Å². The number of rotatable bonds is 4. The van der Waals surface area contributed by atoms with Crippen molar-refractivity contribution in [2.45, 2.75) is 26.4 Å². The number of carbonyl (C=O) groups is 1. The third-order valence-corrected chi connectivity index (χ3v) is 3.02. The maximum atomic E-state index is 11.1. The van der Waals surface area contributed by atoms with Crippen molar-refractivity contribution in [3.8, 4) is 0 Å². The Hall–Kier alpha value is -0.830. The number of amidine groups is 1. The van der Waals surface area contributed by atoms with Crippen molar-refractivity contribution in [3.05, 3.63) is 0 Å². The van der Waals surface area contributed by atoms with Gasteiger partial charge in [-0.2, -0.15) is 0 Å². The van der Waals surface area contributed by atoms with Gasteiger partial charge in [0.25, 0.3) is 0 Å². The van der Waals surface area contributed by atoms with Crippen LogP contribution in [0, 0.1) is 0 Å². The molecule has 0 amide bonds. The molecule has 132 valence electrons. The second-order valence-electron chi connectivity index (χ2n) is 5.90. The molecule has 0 aliphatic heterocycles. The third-order valence-electron chi connectivity index (χ3n) is 2.21. The Balaban J connectivity index is 0. The summed E-state index contributed by atoms with van der Waals surface area (Å²) in [5.74, 6) is -0.240. The molecule has 0 heterocycles. The van der Waals surface area contributed by atoms with Crippen LogP contribution in [0.25, 0.3) is 0 Å². The lowest BCUT2D eigenvalue weighted by molar-refractivity contribution is -0.154. The van der Waals surface area contributed by atoms with E-state index in [-0.39, 0.29) is 12.5 Å². The number of carbonyl (C=O) groups excluding carboxylic acids is 1. The van der Waals surface area contributed by atoms with Gasteiger partial charge in [-0.3, -0.25) is 19.8 Å². The first-order valence-electron chi connectivity index (χ1n) is 6.99. The lowest BCUT2D eigenvalue weighted by Gasteiger charge is -2.25. The van der Waals surface area contributed by atoms with Crippen LogP contribution in [0.15, 0.2) is 4.99 Å². The van der Waals surface area contributed by atoms with E-state index >= 15 is 0 Å². The Morgan fingerprint density at radius 2 is 1.68 bits per heavy atom. The van der Waals surface area contributed by atoms with E-state index in [0.717, 1.165) is 5.17 Å². The number of hydrogen-bond donors (Lipinski definition) is 1. The highest BCUT2D eigenvalue weighted by Gasteiger charge is 2.15. The summed E-state index contributed by atoms with van der Waals surface area (Å²) in [7, 11) is 11.4. The minimum absolute atomic E-state index is 0.213. The lowest BCUT2D eigenvalue weighted by atomic mass is 10.2. The van der Waals surface area contributed by atoms with E-state index in [4.69, 9.17) is 4.74 Å². The summed E-state index contributed by atoms with van der Waals surface area (Å²) in [6, 6.07) is 0. The molecule has 0 aromatic rings. The largest absolute Gasteiger partial charge is 0.459 e. The topological polar surface area (TPSA) is 60.4 Å². The second kappa shape index (κ2) is 11.7. The molecule has 0 radical (unpaired) electrons. The molecule has 1 N–H and O–H groups in total. The minimum Gasteiger partial charge on any atom is -0.459 e. The van der Waals surface area contributed by atoms with Gasteiger partial charge in [0.15, 0.2) is 5.17 Å². The van der Waals surface area contributed by atoms with E-state index in [1.54, 1.807) is 23.8 Å². The molecular weight excluding hydrogens is 302 g/mol. The van der Waals surface area contributed by atoms with E-state index in [2.05, 4.69) is 10.4 Å². The first-order valence-corrected chi connectivity index (χ1v) is 8.21. The zero-order valence-electron chi connectivity index (χ0n) is 15.7. The Labute approximate surface area is 140 Å². The fourth-order valence-electron chi connectivity index (χ4n) is 1.14. The summed E-state index contributed by atoms with van der Waals surface area (Å²) in [5, 5.41) is 6.71. The van der Waals surface area contributed by atoms with Crippen LogP contribution in [0.4, 0.5) is 0 Å². The highest BCUT2D eigenvalue weighted by atomic mass is 32.2. The molecule has 0 saturated heterocycles. The van der Waals surface area contributed by atoms with Gasteiger partial charge >= 0.3 is 5.97 Å². The maximum Gasteiger partial charge on any atom is 0.321 e. The number of nitrogens with one attached hydrogen (secondary N) is 1. The molecule has 0 bridgehead atoms. The normalized spacial score (nSPS) is 12.1. The van der Waals surface area contributed by atoms with Crippen molar-refractivity contribution in [3.63, 3.8) is 0 Å². The molecule has 0 aromatic heterocycles. The van der Waals surface area contributed by atoms with Gasteiger partial charge in [-0.05, 0) is 27.0 Å². The van der Waals surface area contributed by atoms with Gasteiger partial charge in [0.2, 0.25) is 0 Å². The number of hydrazine groups is 2. The van der Waals surface area contributed by atoms with Crippen molar-refractivity contribution in [1.82, 2.24) is 20.5 Å². The Morgan fingerprint density at radius 1 is 1.18 bits per heavy atom. The summed E-state index contributed by atoms with van der Waals surface area (Å²) < 4.78 is 5.06. The predicted octanol–water partition coefficient (Wildman–Crippen LogP) is 1.14. The number of nitrogens with zero attached hydrogens (tertiary/aromatic N) is 4. The Kier molecular flexibility index (Phi) is 12.5. The van der Waals surface area contributed by atoms with E-state index < -0.39 is 5.60 Å². The zero-order chi connectivity index (χ0) is 17.9. The summed E-state index contributed by atoms with van der Waals surface area (Å²) in [6.45, 7) is 5.76. The van der Waals surface area contributed by atoms with Crippen LogP contribution >= 0.6 is 11.8 Å². The number of thioether (sulfide) groups is 1. The van der Waals surface area contributed by atoms with Crippen molar-refractivity contribution in [2.24, 2.45) is 4.99 Å². The van der Waals surface area contributed by atoms with Crippen molar-refractivity contribution >= 4 is 22.9 Å². The predicted molar refractivity (Wildman–Crippen MR) is 95.9 cm³/mol. The molecule has 8 heteroatoms. The molecule has 0 aliphatic rings. The highest BCUT2D eigenvalue weighted by Crippen LogP contribution is 2.06. The molecule has 0 aliphatic carbocycles. The Bertz CT molecular complexity index is 341. The molecule has 0 atom stereocenters. The molecule has 0 aromatic carbocycles. The van der Waals surface area contributed by atoms with Gasteiger partial charge in [-0.25, -0.2) is 10.4 Å². The van der Waals surface area contributed by atoms with E-state index in [1.807, 2.05) is 72.3 Å². The number of ether oxygens (including phenoxy) is 1. The standard InChI is InChI=1S/C8H18N2O2.C6H15N3S/c1-8(2,3)12-7(11)6-9-10(4)5;1-7-6(10-5)9(4)8(2)3/h9H,6H2,1-5H3;1-5H3. The lowest BCUT2D eigenvalue weighted by Crippen LogP contribution is -2.38. The third kappa shape index (κ3) is 14.1. The molecule has 22 heavy (non-hydrogen) atoms. The van der Waals surface area contributed by atoms with Crippen LogP contribution in [0.2, 0.25) is 0 Å². The van der Waals surface area contributed by atoms with Crippen molar-refractivity contribution < 1.29 is 9.53 Å². The summed E-state index contributed by atoms with van der Waals surface area (Å²) >= 11 is 1.64. The molecule has 0 rings (SSSR count). The average molecular weight is 336 g/mol. The molecule has 0 saturated carbocycles. The maximum absolute atomic E-state index is 11.1. The summed E-state index contributed by atoms with van der Waals surface area (Å²) in [6.07, 6.45) is 2.02. The van der Waals surface area contributed by atoms with Gasteiger partial charge in [-0.1, -0.05) is 11.8 Å². The summed E-state index contributed by atoms with van der Waals surface area (Å²) in [4.78, 5) is 15.1. The number of hydrogen-bond acceptors (Lipinski definition) is 7. The molecular formula is C14H33N5O2S. The second-order valence-corrected chi connectivity index (χ2v) is 6.67. The van der Waals surface area contributed by atoms with E-state index in [1.165, 1.54) is 0 Å². The van der Waals surface area contributed by atoms with Gasteiger partial charge < -0.3 is 4.74 Å². The number of esters is 1. The monoisotopic (exact) mass is 335 g/mol. The molecule has 0 spiro atoms. The Morgan fingerprint density at radius 3 is 1.91 bits per heavy atom. The fourth-order valence-corrected chi connectivity index (χ4v) is 1.75. The van der Waals surface area contributed by atoms with Crippen LogP contribution < -0.4 is 5.43 Å². The number of aliphatic imine (C=N–C) groups is 1. The quantitative estimate of drug-likeness (QED) is 0.358. The van der Waals surface area contributed by atoms with Crippen LogP contribution in [-0.4, -0.2) is 86.9 Å². The van der Waals surface area contributed by atoms with Gasteiger partial charge in [0.05, 0.1) is 0 Å². The fraction of sp³-hybridized carbons (Fsp3) is 0.857. The van der Waals surface area contributed by atoms with E-state index in [9.17, 15) is 4.79 Å². The van der Waals surface area contributed by atoms with E-state index in [0.29, 0.717) is 0 Å². The smallest absolute Gasteiger partial charge is 0.321 e.